The fourth-order valence-corrected chi connectivity index (χ4v) is 3.51. The summed E-state index contributed by atoms with van der Waals surface area (Å²) in [5, 5.41) is 14.5. The summed E-state index contributed by atoms with van der Waals surface area (Å²) in [4.78, 5) is 4.66. The van der Waals surface area contributed by atoms with Gasteiger partial charge in [0.1, 0.15) is 6.07 Å². The van der Waals surface area contributed by atoms with Gasteiger partial charge in [-0.2, -0.15) is 10.4 Å². The van der Waals surface area contributed by atoms with E-state index in [1.807, 2.05) is 78.7 Å². The van der Waals surface area contributed by atoms with E-state index in [4.69, 9.17) is 0 Å². The van der Waals surface area contributed by atoms with Crippen LogP contribution in [0.3, 0.4) is 0 Å². The Morgan fingerprint density at radius 1 is 1.07 bits per heavy atom. The maximum atomic E-state index is 9.82. The molecule has 0 spiro atoms. The summed E-state index contributed by atoms with van der Waals surface area (Å²) in [6, 6.07) is 20.5. The molecule has 0 bridgehead atoms. The number of hydrogen-bond donors (Lipinski definition) is 0. The molecule has 2 aromatic heterocycles. The van der Waals surface area contributed by atoms with E-state index in [2.05, 4.69) is 28.3 Å². The van der Waals surface area contributed by atoms with E-state index >= 15 is 0 Å². The number of nitrogens with zero attached hydrogens (tertiary/aromatic N) is 5. The minimum atomic E-state index is 0.532. The van der Waals surface area contributed by atoms with E-state index < -0.39 is 0 Å². The summed E-state index contributed by atoms with van der Waals surface area (Å²) >= 11 is 0. The Morgan fingerprint density at radius 3 is 2.50 bits per heavy atom. The van der Waals surface area contributed by atoms with Crippen molar-refractivity contribution in [3.05, 3.63) is 82.9 Å². The second kappa shape index (κ2) is 7.16. The molecular formula is C23H21N5. The number of allylic oxidation sites excluding steroid dienone is 1. The summed E-state index contributed by atoms with van der Waals surface area (Å²) in [5.74, 6) is 0.665. The van der Waals surface area contributed by atoms with E-state index in [1.54, 1.807) is 0 Å². The number of para-hydroxylation sites is 2. The van der Waals surface area contributed by atoms with E-state index in [0.717, 1.165) is 28.0 Å². The number of benzene rings is 2. The summed E-state index contributed by atoms with van der Waals surface area (Å²) in [7, 11) is 1.94. The Hall–Kier alpha value is -3.65. The maximum Gasteiger partial charge on any atom is 0.151 e. The van der Waals surface area contributed by atoms with Gasteiger partial charge in [0.05, 0.1) is 28.8 Å². The Labute approximate surface area is 164 Å². The molecule has 0 unspecified atom stereocenters. The average Bonchev–Trinajstić information content (AvgIpc) is 3.18. The molecule has 0 aliphatic carbocycles. The van der Waals surface area contributed by atoms with Crippen LogP contribution in [-0.4, -0.2) is 19.3 Å². The molecule has 0 aliphatic heterocycles. The fourth-order valence-electron chi connectivity index (χ4n) is 3.51. The second-order valence-electron chi connectivity index (χ2n) is 6.88. The minimum Gasteiger partial charge on any atom is -0.327 e. The smallest absolute Gasteiger partial charge is 0.151 e. The van der Waals surface area contributed by atoms with Crippen LogP contribution in [0.5, 0.6) is 0 Å². The minimum absolute atomic E-state index is 0.532. The first kappa shape index (κ1) is 17.7. The van der Waals surface area contributed by atoms with Crippen LogP contribution in [0, 0.1) is 25.2 Å². The standard InChI is InChI=1S/C23H21N5/c1-16-20(17(2)28(26-16)15-18-9-5-4-6-10-18)13-19(14-24)23-25-21-11-7-8-12-22(21)27(23)3/h4-13H,15H2,1-3H3/b19-13+. The zero-order valence-corrected chi connectivity index (χ0v) is 16.2. The first-order valence-electron chi connectivity index (χ1n) is 9.20. The van der Waals surface area contributed by atoms with Crippen molar-refractivity contribution in [2.75, 3.05) is 0 Å². The van der Waals surface area contributed by atoms with Gasteiger partial charge in [0, 0.05) is 18.3 Å². The van der Waals surface area contributed by atoms with Crippen LogP contribution >= 0.6 is 0 Å². The van der Waals surface area contributed by atoms with Gasteiger partial charge in [-0.05, 0) is 37.6 Å². The summed E-state index contributed by atoms with van der Waals surface area (Å²) in [5.41, 5.74) is 6.53. The number of aromatic nitrogens is 4. The first-order chi connectivity index (χ1) is 13.6. The number of fused-ring (bicyclic) bond motifs is 1. The van der Waals surface area contributed by atoms with Crippen LogP contribution in [0.15, 0.2) is 54.6 Å². The third-order valence-corrected chi connectivity index (χ3v) is 5.05. The maximum absolute atomic E-state index is 9.82. The van der Waals surface area contributed by atoms with Gasteiger partial charge in [-0.3, -0.25) is 4.68 Å². The molecule has 4 aromatic rings. The molecule has 0 atom stereocenters. The van der Waals surface area contributed by atoms with Crippen molar-refractivity contribution in [3.8, 4) is 6.07 Å². The Bertz CT molecular complexity index is 1220. The van der Waals surface area contributed by atoms with Gasteiger partial charge in [-0.1, -0.05) is 42.5 Å². The number of rotatable bonds is 4. The van der Waals surface area contributed by atoms with Crippen LogP contribution in [0.25, 0.3) is 22.7 Å². The molecule has 0 saturated heterocycles. The van der Waals surface area contributed by atoms with Gasteiger partial charge < -0.3 is 4.57 Å². The highest BCUT2D eigenvalue weighted by atomic mass is 15.3. The molecule has 5 heteroatoms. The van der Waals surface area contributed by atoms with Crippen molar-refractivity contribution in [2.45, 2.75) is 20.4 Å². The predicted octanol–water partition coefficient (Wildman–Crippen LogP) is 4.50. The highest BCUT2D eigenvalue weighted by Gasteiger charge is 2.15. The normalized spacial score (nSPS) is 11.7. The lowest BCUT2D eigenvalue weighted by Crippen LogP contribution is -2.03. The van der Waals surface area contributed by atoms with Crippen molar-refractivity contribution in [1.29, 1.82) is 5.26 Å². The molecule has 0 fully saturated rings. The zero-order chi connectivity index (χ0) is 19.7. The van der Waals surface area contributed by atoms with Crippen molar-refractivity contribution in [3.63, 3.8) is 0 Å². The van der Waals surface area contributed by atoms with Crippen LogP contribution in [0.4, 0.5) is 0 Å². The molecule has 0 saturated carbocycles. The summed E-state index contributed by atoms with van der Waals surface area (Å²) in [6.07, 6.45) is 1.90. The van der Waals surface area contributed by atoms with E-state index in [1.165, 1.54) is 5.56 Å². The quantitative estimate of drug-likeness (QED) is 0.499. The Morgan fingerprint density at radius 2 is 1.79 bits per heavy atom. The van der Waals surface area contributed by atoms with Crippen LogP contribution < -0.4 is 0 Å². The van der Waals surface area contributed by atoms with E-state index in [0.29, 0.717) is 17.9 Å². The number of imidazole rings is 1. The van der Waals surface area contributed by atoms with Crippen LogP contribution in [-0.2, 0) is 13.6 Å². The van der Waals surface area contributed by atoms with Gasteiger partial charge in [0.2, 0.25) is 0 Å². The van der Waals surface area contributed by atoms with Crippen molar-refractivity contribution < 1.29 is 0 Å². The second-order valence-corrected chi connectivity index (χ2v) is 6.88. The van der Waals surface area contributed by atoms with Gasteiger partial charge in [0.15, 0.2) is 5.82 Å². The molecular weight excluding hydrogens is 346 g/mol. The molecule has 0 N–H and O–H groups in total. The Kier molecular flexibility index (Phi) is 4.54. The van der Waals surface area contributed by atoms with Gasteiger partial charge in [-0.25, -0.2) is 4.98 Å². The molecule has 0 radical (unpaired) electrons. The van der Waals surface area contributed by atoms with Crippen molar-refractivity contribution in [2.24, 2.45) is 7.05 Å². The molecule has 2 aromatic carbocycles. The Balaban J connectivity index is 1.76. The third kappa shape index (κ3) is 3.10. The molecule has 4 rings (SSSR count). The molecule has 0 amide bonds. The molecule has 5 nitrogen and oxygen atoms in total. The zero-order valence-electron chi connectivity index (χ0n) is 16.2. The highest BCUT2D eigenvalue weighted by molar-refractivity contribution is 5.91. The highest BCUT2D eigenvalue weighted by Crippen LogP contribution is 2.24. The third-order valence-electron chi connectivity index (χ3n) is 5.05. The van der Waals surface area contributed by atoms with E-state index in [9.17, 15) is 5.26 Å². The number of aryl methyl sites for hydroxylation is 2. The largest absolute Gasteiger partial charge is 0.327 e. The predicted molar refractivity (Wildman–Crippen MR) is 111 cm³/mol. The van der Waals surface area contributed by atoms with Gasteiger partial charge in [-0.15, -0.1) is 0 Å². The first-order valence-corrected chi connectivity index (χ1v) is 9.20. The molecule has 2 heterocycles. The van der Waals surface area contributed by atoms with Crippen LogP contribution in [0.1, 0.15) is 28.3 Å². The lowest BCUT2D eigenvalue weighted by Gasteiger charge is -2.05. The molecule has 138 valence electrons. The van der Waals surface area contributed by atoms with E-state index in [-0.39, 0.29) is 0 Å². The number of nitriles is 1. The average molecular weight is 367 g/mol. The fraction of sp³-hybridized carbons (Fsp3) is 0.174. The van der Waals surface area contributed by atoms with Gasteiger partial charge >= 0.3 is 0 Å². The lowest BCUT2D eigenvalue weighted by atomic mass is 10.1. The SMILES string of the molecule is Cc1nn(Cc2ccccc2)c(C)c1/C=C(\C#N)c1nc2ccccc2n1C. The van der Waals surface area contributed by atoms with Gasteiger partial charge in [0.25, 0.3) is 0 Å². The van der Waals surface area contributed by atoms with Crippen molar-refractivity contribution >= 4 is 22.7 Å². The van der Waals surface area contributed by atoms with Crippen molar-refractivity contribution in [1.82, 2.24) is 19.3 Å². The monoisotopic (exact) mass is 367 g/mol. The van der Waals surface area contributed by atoms with Crippen LogP contribution in [0.2, 0.25) is 0 Å². The molecule has 28 heavy (non-hydrogen) atoms. The molecule has 0 aliphatic rings. The summed E-state index contributed by atoms with van der Waals surface area (Å²) < 4.78 is 3.95. The lowest BCUT2D eigenvalue weighted by molar-refractivity contribution is 0.659. The summed E-state index contributed by atoms with van der Waals surface area (Å²) in [6.45, 7) is 4.72. The number of hydrogen-bond acceptors (Lipinski definition) is 3. The topological polar surface area (TPSA) is 59.4 Å².